The number of benzene rings is 1. The summed E-state index contributed by atoms with van der Waals surface area (Å²) in [6, 6.07) is 9.16. The number of rotatable bonds is 3. The van der Waals surface area contributed by atoms with Gasteiger partial charge in [-0.3, -0.25) is 10.1 Å². The SMILES string of the molecule is CC(=O)c1ccc(NC(=O)Nc2ccc(Cl)nn2)cc1. The average molecular weight is 291 g/mol. The smallest absolute Gasteiger partial charge is 0.308 e. The Morgan fingerprint density at radius 1 is 1.00 bits per heavy atom. The second-order valence-corrected chi connectivity index (χ2v) is 4.34. The van der Waals surface area contributed by atoms with Crippen molar-refractivity contribution in [2.75, 3.05) is 10.6 Å². The molecule has 1 aromatic carbocycles. The van der Waals surface area contributed by atoms with Gasteiger partial charge in [0.05, 0.1) is 0 Å². The lowest BCUT2D eigenvalue weighted by Crippen LogP contribution is -2.20. The lowest BCUT2D eigenvalue weighted by molar-refractivity contribution is 0.101. The van der Waals surface area contributed by atoms with Gasteiger partial charge in [0.1, 0.15) is 0 Å². The number of nitrogens with one attached hydrogen (secondary N) is 2. The summed E-state index contributed by atoms with van der Waals surface area (Å²) in [6.07, 6.45) is 0. The van der Waals surface area contributed by atoms with Gasteiger partial charge in [0, 0.05) is 11.3 Å². The molecular formula is C13H11ClN4O2. The highest BCUT2D eigenvalue weighted by molar-refractivity contribution is 6.29. The Kier molecular flexibility index (Phi) is 4.27. The Labute approximate surface area is 120 Å². The van der Waals surface area contributed by atoms with Crippen molar-refractivity contribution in [1.29, 1.82) is 0 Å². The van der Waals surface area contributed by atoms with Crippen molar-refractivity contribution < 1.29 is 9.59 Å². The fourth-order valence-corrected chi connectivity index (χ4v) is 1.55. The highest BCUT2D eigenvalue weighted by Crippen LogP contribution is 2.11. The van der Waals surface area contributed by atoms with Gasteiger partial charge in [-0.05, 0) is 43.3 Å². The second-order valence-electron chi connectivity index (χ2n) is 3.95. The zero-order valence-corrected chi connectivity index (χ0v) is 11.3. The molecule has 6 nitrogen and oxygen atoms in total. The van der Waals surface area contributed by atoms with Gasteiger partial charge in [-0.15, -0.1) is 10.2 Å². The van der Waals surface area contributed by atoms with Crippen LogP contribution in [0, 0.1) is 0 Å². The molecule has 0 aliphatic carbocycles. The van der Waals surface area contributed by atoms with Crippen molar-refractivity contribution in [1.82, 2.24) is 10.2 Å². The highest BCUT2D eigenvalue weighted by Gasteiger charge is 2.05. The van der Waals surface area contributed by atoms with Crippen molar-refractivity contribution in [3.8, 4) is 0 Å². The third kappa shape index (κ3) is 3.76. The molecule has 2 amide bonds. The molecule has 7 heteroatoms. The van der Waals surface area contributed by atoms with E-state index < -0.39 is 6.03 Å². The molecule has 0 aliphatic rings. The molecule has 1 heterocycles. The first-order chi connectivity index (χ1) is 9.54. The number of urea groups is 1. The van der Waals surface area contributed by atoms with Crippen molar-refractivity contribution in [2.45, 2.75) is 6.92 Å². The molecule has 0 atom stereocenters. The molecule has 0 saturated carbocycles. The maximum absolute atomic E-state index is 11.7. The van der Waals surface area contributed by atoms with Gasteiger partial charge < -0.3 is 5.32 Å². The number of amides is 2. The van der Waals surface area contributed by atoms with Crippen LogP contribution in [0.3, 0.4) is 0 Å². The lowest BCUT2D eigenvalue weighted by atomic mass is 10.1. The van der Waals surface area contributed by atoms with Crippen molar-refractivity contribution >= 4 is 34.9 Å². The number of anilines is 2. The maximum Gasteiger partial charge on any atom is 0.324 e. The standard InChI is InChI=1S/C13H11ClN4O2/c1-8(19)9-2-4-10(5-3-9)15-13(20)16-12-7-6-11(14)17-18-12/h2-7H,1H3,(H2,15,16,18,20). The number of hydrogen-bond donors (Lipinski definition) is 2. The summed E-state index contributed by atoms with van der Waals surface area (Å²) in [5.74, 6) is 0.254. The van der Waals surface area contributed by atoms with E-state index in [1.54, 1.807) is 24.3 Å². The predicted molar refractivity (Wildman–Crippen MR) is 76.1 cm³/mol. The van der Waals surface area contributed by atoms with Gasteiger partial charge in [0.25, 0.3) is 0 Å². The monoisotopic (exact) mass is 290 g/mol. The Balaban J connectivity index is 1.97. The number of ketones is 1. The fourth-order valence-electron chi connectivity index (χ4n) is 1.45. The van der Waals surface area contributed by atoms with E-state index in [0.717, 1.165) is 0 Å². The Morgan fingerprint density at radius 3 is 2.25 bits per heavy atom. The summed E-state index contributed by atoms with van der Waals surface area (Å²) >= 11 is 5.59. The molecule has 0 unspecified atom stereocenters. The fraction of sp³-hybridized carbons (Fsp3) is 0.0769. The van der Waals surface area contributed by atoms with Crippen LogP contribution < -0.4 is 10.6 Å². The summed E-state index contributed by atoms with van der Waals surface area (Å²) in [6.45, 7) is 1.48. The van der Waals surface area contributed by atoms with E-state index in [9.17, 15) is 9.59 Å². The minimum Gasteiger partial charge on any atom is -0.308 e. The Bertz CT molecular complexity index is 626. The van der Waals surface area contributed by atoms with Gasteiger partial charge in [-0.2, -0.15) is 0 Å². The summed E-state index contributed by atoms with van der Waals surface area (Å²) in [5.41, 5.74) is 1.15. The van der Waals surface area contributed by atoms with E-state index in [2.05, 4.69) is 20.8 Å². The minimum atomic E-state index is -0.461. The molecule has 102 valence electrons. The Morgan fingerprint density at radius 2 is 1.70 bits per heavy atom. The second kappa shape index (κ2) is 6.12. The first-order valence-corrected chi connectivity index (χ1v) is 6.10. The molecule has 2 aromatic rings. The van der Waals surface area contributed by atoms with Crippen molar-refractivity contribution in [3.05, 3.63) is 47.1 Å². The molecule has 1 aromatic heterocycles. The molecule has 2 rings (SSSR count). The average Bonchev–Trinajstić information content (AvgIpc) is 2.42. The molecule has 0 fully saturated rings. The number of hydrogen-bond acceptors (Lipinski definition) is 4. The Hall–Kier alpha value is -2.47. The van der Waals surface area contributed by atoms with Crippen LogP contribution in [0.4, 0.5) is 16.3 Å². The topological polar surface area (TPSA) is 84.0 Å². The number of nitrogens with zero attached hydrogens (tertiary/aromatic N) is 2. The van der Waals surface area contributed by atoms with Gasteiger partial charge in [-0.25, -0.2) is 4.79 Å². The van der Waals surface area contributed by atoms with E-state index in [1.807, 2.05) is 0 Å². The van der Waals surface area contributed by atoms with E-state index in [1.165, 1.54) is 19.1 Å². The summed E-state index contributed by atoms with van der Waals surface area (Å²) < 4.78 is 0. The largest absolute Gasteiger partial charge is 0.324 e. The third-order valence-electron chi connectivity index (χ3n) is 2.42. The van der Waals surface area contributed by atoms with Gasteiger partial charge in [0.15, 0.2) is 16.8 Å². The molecule has 0 spiro atoms. The summed E-state index contributed by atoms with van der Waals surface area (Å²) in [7, 11) is 0. The van der Waals surface area contributed by atoms with Crippen LogP contribution in [-0.4, -0.2) is 22.0 Å². The third-order valence-corrected chi connectivity index (χ3v) is 2.62. The number of carbonyl (C=O) groups excluding carboxylic acids is 2. The van der Waals surface area contributed by atoms with Crippen molar-refractivity contribution in [2.24, 2.45) is 0 Å². The van der Waals surface area contributed by atoms with Crippen LogP contribution in [0.15, 0.2) is 36.4 Å². The van der Waals surface area contributed by atoms with Crippen LogP contribution in [0.25, 0.3) is 0 Å². The number of carbonyl (C=O) groups is 2. The lowest BCUT2D eigenvalue weighted by Gasteiger charge is -2.06. The van der Waals surface area contributed by atoms with E-state index in [-0.39, 0.29) is 16.8 Å². The molecule has 2 N–H and O–H groups in total. The highest BCUT2D eigenvalue weighted by atomic mass is 35.5. The van der Waals surface area contributed by atoms with Crippen LogP contribution in [-0.2, 0) is 0 Å². The number of Topliss-reactive ketones (excluding diaryl/α,β-unsaturated/α-hetero) is 1. The molecule has 0 bridgehead atoms. The van der Waals surface area contributed by atoms with Crippen LogP contribution >= 0.6 is 11.6 Å². The molecule has 0 radical (unpaired) electrons. The molecule has 20 heavy (non-hydrogen) atoms. The zero-order chi connectivity index (χ0) is 14.5. The van der Waals surface area contributed by atoms with Crippen LogP contribution in [0.1, 0.15) is 17.3 Å². The molecular weight excluding hydrogens is 280 g/mol. The minimum absolute atomic E-state index is 0.0301. The number of aromatic nitrogens is 2. The zero-order valence-electron chi connectivity index (χ0n) is 10.6. The molecule has 0 aliphatic heterocycles. The molecule has 0 saturated heterocycles. The normalized spacial score (nSPS) is 9.90. The van der Waals surface area contributed by atoms with Crippen LogP contribution in [0.5, 0.6) is 0 Å². The van der Waals surface area contributed by atoms with Gasteiger partial charge >= 0.3 is 6.03 Å². The van der Waals surface area contributed by atoms with E-state index in [0.29, 0.717) is 11.3 Å². The summed E-state index contributed by atoms with van der Waals surface area (Å²) in [5, 5.41) is 12.7. The quantitative estimate of drug-likeness (QED) is 0.851. The van der Waals surface area contributed by atoms with Crippen LogP contribution in [0.2, 0.25) is 5.15 Å². The number of halogens is 1. The van der Waals surface area contributed by atoms with Gasteiger partial charge in [0.2, 0.25) is 0 Å². The van der Waals surface area contributed by atoms with Crippen molar-refractivity contribution in [3.63, 3.8) is 0 Å². The van der Waals surface area contributed by atoms with E-state index in [4.69, 9.17) is 11.6 Å². The predicted octanol–water partition coefficient (Wildman–Crippen LogP) is 2.98. The first kappa shape index (κ1) is 14.0. The summed E-state index contributed by atoms with van der Waals surface area (Å²) in [4.78, 5) is 22.8. The maximum atomic E-state index is 11.7. The van der Waals surface area contributed by atoms with Gasteiger partial charge in [-0.1, -0.05) is 11.6 Å². The van der Waals surface area contributed by atoms with E-state index >= 15 is 0 Å². The first-order valence-electron chi connectivity index (χ1n) is 5.73.